The minimum absolute atomic E-state index is 0.166. The topological polar surface area (TPSA) is 75.7 Å². The number of rotatable bonds is 6. The molecule has 2 aromatic rings. The summed E-state index contributed by atoms with van der Waals surface area (Å²) in [5, 5.41) is 3.70. The Hall–Kier alpha value is -2.35. The van der Waals surface area contributed by atoms with Gasteiger partial charge in [0.1, 0.15) is 5.00 Å². The standard InChI is InChI=1S/C20H20Cl2N2O4S/c1-5-28-20(27)16-11(2)17(19(26)24(3)4)29-18(16)23-15(25)10-9-12-13(21)7-6-8-14(12)22/h6-10H,5H2,1-4H3,(H,23,25)/b10-9+. The van der Waals surface area contributed by atoms with Gasteiger partial charge in [-0.2, -0.15) is 0 Å². The largest absolute Gasteiger partial charge is 0.462 e. The summed E-state index contributed by atoms with van der Waals surface area (Å²) in [5.74, 6) is -1.37. The molecule has 0 saturated heterocycles. The number of esters is 1. The molecule has 1 N–H and O–H groups in total. The van der Waals surface area contributed by atoms with Gasteiger partial charge in [-0.15, -0.1) is 11.3 Å². The molecule has 1 aromatic carbocycles. The van der Waals surface area contributed by atoms with Crippen LogP contribution >= 0.6 is 34.5 Å². The first-order chi connectivity index (χ1) is 13.7. The first-order valence-electron chi connectivity index (χ1n) is 8.62. The number of halogens is 2. The Morgan fingerprint density at radius 1 is 1.21 bits per heavy atom. The maximum absolute atomic E-state index is 12.4. The summed E-state index contributed by atoms with van der Waals surface area (Å²) < 4.78 is 5.08. The van der Waals surface area contributed by atoms with Gasteiger partial charge in [0, 0.05) is 35.8 Å². The van der Waals surface area contributed by atoms with Crippen molar-refractivity contribution in [3.63, 3.8) is 0 Å². The van der Waals surface area contributed by atoms with Crippen LogP contribution in [0.15, 0.2) is 24.3 Å². The number of hydrogen-bond acceptors (Lipinski definition) is 5. The normalized spacial score (nSPS) is 10.8. The number of hydrogen-bond donors (Lipinski definition) is 1. The van der Waals surface area contributed by atoms with E-state index in [1.165, 1.54) is 17.1 Å². The van der Waals surface area contributed by atoms with E-state index in [1.54, 1.807) is 46.1 Å². The van der Waals surface area contributed by atoms with Gasteiger partial charge in [0.2, 0.25) is 5.91 Å². The van der Waals surface area contributed by atoms with E-state index in [0.717, 1.165) is 11.3 Å². The summed E-state index contributed by atoms with van der Waals surface area (Å²) in [6.07, 6.45) is 2.74. The Labute approximate surface area is 183 Å². The lowest BCUT2D eigenvalue weighted by Gasteiger charge is -2.09. The number of carbonyl (C=O) groups is 3. The molecular formula is C20H20Cl2N2O4S. The third-order valence-electron chi connectivity index (χ3n) is 3.86. The van der Waals surface area contributed by atoms with Crippen molar-refractivity contribution in [3.8, 4) is 0 Å². The highest BCUT2D eigenvalue weighted by atomic mass is 35.5. The van der Waals surface area contributed by atoms with Crippen molar-refractivity contribution < 1.29 is 19.1 Å². The average Bonchev–Trinajstić information content (AvgIpc) is 2.96. The van der Waals surface area contributed by atoms with Crippen molar-refractivity contribution in [2.45, 2.75) is 13.8 Å². The summed E-state index contributed by atoms with van der Waals surface area (Å²) in [6.45, 7) is 3.50. The Morgan fingerprint density at radius 2 is 1.83 bits per heavy atom. The van der Waals surface area contributed by atoms with Crippen molar-refractivity contribution in [2.75, 3.05) is 26.0 Å². The van der Waals surface area contributed by atoms with Gasteiger partial charge in [-0.05, 0) is 37.6 Å². The van der Waals surface area contributed by atoms with Gasteiger partial charge in [0.15, 0.2) is 0 Å². The first-order valence-corrected chi connectivity index (χ1v) is 10.2. The predicted molar refractivity (Wildman–Crippen MR) is 117 cm³/mol. The number of nitrogens with zero attached hydrogens (tertiary/aromatic N) is 1. The van der Waals surface area contributed by atoms with E-state index in [4.69, 9.17) is 27.9 Å². The van der Waals surface area contributed by atoms with E-state index in [0.29, 0.717) is 26.0 Å². The molecule has 2 rings (SSSR count). The zero-order valence-corrected chi connectivity index (χ0v) is 18.7. The smallest absolute Gasteiger partial charge is 0.341 e. The molecular weight excluding hydrogens is 435 g/mol. The fourth-order valence-electron chi connectivity index (χ4n) is 2.44. The Kier molecular flexibility index (Phi) is 7.84. The predicted octanol–water partition coefficient (Wildman–Crippen LogP) is 4.89. The van der Waals surface area contributed by atoms with E-state index in [-0.39, 0.29) is 23.1 Å². The lowest BCUT2D eigenvalue weighted by Crippen LogP contribution is -2.21. The average molecular weight is 455 g/mol. The summed E-state index contributed by atoms with van der Waals surface area (Å²) >= 11 is 13.2. The van der Waals surface area contributed by atoms with Crippen LogP contribution in [-0.2, 0) is 9.53 Å². The molecule has 1 heterocycles. The number of benzene rings is 1. The van der Waals surface area contributed by atoms with Gasteiger partial charge < -0.3 is 15.0 Å². The van der Waals surface area contributed by atoms with E-state index in [2.05, 4.69) is 5.32 Å². The number of anilines is 1. The fraction of sp³-hybridized carbons (Fsp3) is 0.250. The number of amides is 2. The number of carbonyl (C=O) groups excluding carboxylic acids is 3. The van der Waals surface area contributed by atoms with Crippen LogP contribution in [0.3, 0.4) is 0 Å². The van der Waals surface area contributed by atoms with Gasteiger partial charge in [-0.3, -0.25) is 9.59 Å². The maximum atomic E-state index is 12.4. The van der Waals surface area contributed by atoms with Gasteiger partial charge in [-0.1, -0.05) is 29.3 Å². The second kappa shape index (κ2) is 9.91. The van der Waals surface area contributed by atoms with Crippen LogP contribution in [0, 0.1) is 6.92 Å². The quantitative estimate of drug-likeness (QED) is 0.497. The van der Waals surface area contributed by atoms with Crippen molar-refractivity contribution >= 4 is 63.4 Å². The van der Waals surface area contributed by atoms with Crippen LogP contribution in [0.1, 0.15) is 38.1 Å². The Balaban J connectivity index is 2.36. The highest BCUT2D eigenvalue weighted by molar-refractivity contribution is 7.18. The summed E-state index contributed by atoms with van der Waals surface area (Å²) in [4.78, 5) is 39.0. The van der Waals surface area contributed by atoms with Gasteiger partial charge in [0.25, 0.3) is 5.91 Å². The molecule has 0 bridgehead atoms. The molecule has 0 fully saturated rings. The Morgan fingerprint density at radius 3 is 2.38 bits per heavy atom. The molecule has 0 atom stereocenters. The molecule has 154 valence electrons. The third kappa shape index (κ3) is 5.38. The Bertz CT molecular complexity index is 963. The molecule has 9 heteroatoms. The lowest BCUT2D eigenvalue weighted by molar-refractivity contribution is -0.111. The van der Waals surface area contributed by atoms with Crippen molar-refractivity contribution in [2.24, 2.45) is 0 Å². The van der Waals surface area contributed by atoms with Gasteiger partial charge in [-0.25, -0.2) is 4.79 Å². The summed E-state index contributed by atoms with van der Waals surface area (Å²) in [7, 11) is 3.22. The molecule has 1 aromatic heterocycles. The molecule has 0 spiro atoms. The number of ether oxygens (including phenoxy) is 1. The highest BCUT2D eigenvalue weighted by Crippen LogP contribution is 2.34. The first kappa shape index (κ1) is 22.9. The SMILES string of the molecule is CCOC(=O)c1c(NC(=O)/C=C/c2c(Cl)cccc2Cl)sc(C(=O)N(C)C)c1C. The maximum Gasteiger partial charge on any atom is 0.341 e. The van der Waals surface area contributed by atoms with Gasteiger partial charge >= 0.3 is 5.97 Å². The van der Waals surface area contributed by atoms with Crippen molar-refractivity contribution in [1.29, 1.82) is 0 Å². The minimum Gasteiger partial charge on any atom is -0.462 e. The van der Waals surface area contributed by atoms with E-state index >= 15 is 0 Å². The third-order valence-corrected chi connectivity index (χ3v) is 5.72. The van der Waals surface area contributed by atoms with E-state index in [9.17, 15) is 14.4 Å². The highest BCUT2D eigenvalue weighted by Gasteiger charge is 2.27. The van der Waals surface area contributed by atoms with E-state index < -0.39 is 11.9 Å². The molecule has 0 aliphatic heterocycles. The van der Waals surface area contributed by atoms with Crippen LogP contribution in [0.5, 0.6) is 0 Å². The van der Waals surface area contributed by atoms with Gasteiger partial charge in [0.05, 0.1) is 17.0 Å². The van der Waals surface area contributed by atoms with Crippen LogP contribution in [0.4, 0.5) is 5.00 Å². The van der Waals surface area contributed by atoms with Crippen LogP contribution < -0.4 is 5.32 Å². The second-order valence-corrected chi connectivity index (χ2v) is 7.97. The molecule has 0 unspecified atom stereocenters. The molecule has 2 amide bonds. The zero-order valence-electron chi connectivity index (χ0n) is 16.3. The molecule has 0 radical (unpaired) electrons. The fourth-order valence-corrected chi connectivity index (χ4v) is 4.18. The van der Waals surface area contributed by atoms with Crippen molar-refractivity contribution in [3.05, 3.63) is 55.9 Å². The molecule has 0 aliphatic rings. The van der Waals surface area contributed by atoms with Crippen LogP contribution in [-0.4, -0.2) is 43.4 Å². The molecule has 6 nitrogen and oxygen atoms in total. The van der Waals surface area contributed by atoms with Crippen molar-refractivity contribution in [1.82, 2.24) is 4.90 Å². The molecule has 0 saturated carbocycles. The van der Waals surface area contributed by atoms with E-state index in [1.807, 2.05) is 0 Å². The minimum atomic E-state index is -0.604. The second-order valence-electron chi connectivity index (χ2n) is 6.14. The number of thiophene rings is 1. The molecule has 0 aliphatic carbocycles. The summed E-state index contributed by atoms with van der Waals surface area (Å²) in [5.41, 5.74) is 1.13. The number of nitrogens with one attached hydrogen (secondary N) is 1. The molecule has 29 heavy (non-hydrogen) atoms. The monoisotopic (exact) mass is 454 g/mol. The zero-order chi connectivity index (χ0) is 21.7. The van der Waals surface area contributed by atoms with Crippen LogP contribution in [0.25, 0.3) is 6.08 Å². The lowest BCUT2D eigenvalue weighted by atomic mass is 10.1. The summed E-state index contributed by atoms with van der Waals surface area (Å²) in [6, 6.07) is 5.02. The van der Waals surface area contributed by atoms with Crippen LogP contribution in [0.2, 0.25) is 10.0 Å².